The molecule has 0 saturated carbocycles. The van der Waals surface area contributed by atoms with E-state index in [4.69, 9.17) is 0 Å². The van der Waals surface area contributed by atoms with Crippen LogP contribution in [0.2, 0.25) is 0 Å². The molecule has 17 heavy (non-hydrogen) atoms. The summed E-state index contributed by atoms with van der Waals surface area (Å²) in [5.74, 6) is 0.114. The average Bonchev–Trinajstić information content (AvgIpc) is 2.27. The van der Waals surface area contributed by atoms with Crippen molar-refractivity contribution in [2.45, 2.75) is 13.3 Å². The summed E-state index contributed by atoms with van der Waals surface area (Å²) in [5, 5.41) is 5.53. The molecule has 0 bridgehead atoms. The number of hydrogen-bond acceptors (Lipinski definition) is 2. The Kier molecular flexibility index (Phi) is 3.24. The molecule has 0 unspecified atom stereocenters. The van der Waals surface area contributed by atoms with E-state index in [9.17, 15) is 4.79 Å². The first-order chi connectivity index (χ1) is 8.15. The van der Waals surface area contributed by atoms with Gasteiger partial charge in [-0.3, -0.25) is 4.79 Å². The highest BCUT2D eigenvalue weighted by atomic mass is 16.1. The number of fused-ring (bicyclic) bond motifs is 1. The minimum Gasteiger partial charge on any atom is -0.359 e. The van der Waals surface area contributed by atoms with Crippen LogP contribution in [0.4, 0.5) is 5.69 Å². The number of rotatable bonds is 4. The summed E-state index contributed by atoms with van der Waals surface area (Å²) >= 11 is 0. The van der Waals surface area contributed by atoms with Crippen molar-refractivity contribution in [2.24, 2.45) is 0 Å². The highest BCUT2D eigenvalue weighted by Crippen LogP contribution is 2.20. The van der Waals surface area contributed by atoms with Gasteiger partial charge in [0, 0.05) is 17.8 Å². The maximum absolute atomic E-state index is 11.0. The fourth-order valence-corrected chi connectivity index (χ4v) is 1.82. The van der Waals surface area contributed by atoms with Crippen molar-refractivity contribution in [2.75, 3.05) is 5.32 Å². The molecule has 0 radical (unpaired) electrons. The van der Waals surface area contributed by atoms with Gasteiger partial charge in [-0.1, -0.05) is 36.9 Å². The average molecular weight is 225 g/mol. The Morgan fingerprint density at radius 1 is 1.18 bits per heavy atom. The molecule has 2 aromatic carbocycles. The first-order valence-corrected chi connectivity index (χ1v) is 5.58. The van der Waals surface area contributed by atoms with Crippen molar-refractivity contribution in [1.82, 2.24) is 0 Å². The fraction of sp³-hybridized carbons (Fsp3) is 0.133. The second-order valence-electron chi connectivity index (χ2n) is 4.17. The molecule has 0 atom stereocenters. The van der Waals surface area contributed by atoms with Crippen LogP contribution in [-0.2, 0) is 4.79 Å². The maximum atomic E-state index is 11.0. The second kappa shape index (κ2) is 4.83. The molecule has 0 aliphatic carbocycles. The summed E-state index contributed by atoms with van der Waals surface area (Å²) in [5.41, 5.74) is 1.70. The number of anilines is 1. The van der Waals surface area contributed by atoms with E-state index in [0.29, 0.717) is 6.42 Å². The first kappa shape index (κ1) is 11.4. The summed E-state index contributed by atoms with van der Waals surface area (Å²) in [4.78, 5) is 11.0. The van der Waals surface area contributed by atoms with Gasteiger partial charge in [0.2, 0.25) is 0 Å². The second-order valence-corrected chi connectivity index (χ2v) is 4.17. The largest absolute Gasteiger partial charge is 0.359 e. The van der Waals surface area contributed by atoms with Gasteiger partial charge in [-0.15, -0.1) is 0 Å². The number of benzene rings is 2. The Bertz CT molecular complexity index is 572. The number of nitrogens with one attached hydrogen (secondary N) is 1. The van der Waals surface area contributed by atoms with Crippen molar-refractivity contribution in [3.63, 3.8) is 0 Å². The Balaban J connectivity index is 2.19. The maximum Gasteiger partial charge on any atom is 0.135 e. The molecule has 0 heterocycles. The summed E-state index contributed by atoms with van der Waals surface area (Å²) in [6.07, 6.45) is 0.368. The van der Waals surface area contributed by atoms with Crippen LogP contribution in [0.25, 0.3) is 10.8 Å². The van der Waals surface area contributed by atoms with E-state index in [-0.39, 0.29) is 5.78 Å². The van der Waals surface area contributed by atoms with Crippen LogP contribution >= 0.6 is 0 Å². The molecular weight excluding hydrogens is 210 g/mol. The lowest BCUT2D eigenvalue weighted by molar-refractivity contribution is -0.116. The molecular formula is C15H15NO. The molecule has 2 heteroatoms. The predicted molar refractivity (Wildman–Crippen MR) is 72.0 cm³/mol. The summed E-state index contributed by atoms with van der Waals surface area (Å²) in [7, 11) is 0. The quantitative estimate of drug-likeness (QED) is 0.858. The minimum atomic E-state index is 0.114. The lowest BCUT2D eigenvalue weighted by Crippen LogP contribution is -2.02. The molecule has 0 spiro atoms. The Morgan fingerprint density at radius 3 is 2.59 bits per heavy atom. The highest BCUT2D eigenvalue weighted by molar-refractivity contribution is 5.86. The van der Waals surface area contributed by atoms with Gasteiger partial charge in [-0.25, -0.2) is 0 Å². The van der Waals surface area contributed by atoms with Crippen molar-refractivity contribution in [3.8, 4) is 0 Å². The van der Waals surface area contributed by atoms with Crippen LogP contribution < -0.4 is 5.32 Å². The topological polar surface area (TPSA) is 29.1 Å². The van der Waals surface area contributed by atoms with Crippen molar-refractivity contribution in [3.05, 3.63) is 54.7 Å². The van der Waals surface area contributed by atoms with Crippen LogP contribution in [0.15, 0.2) is 54.7 Å². The summed E-state index contributed by atoms with van der Waals surface area (Å²) in [6.45, 7) is 5.40. The van der Waals surface area contributed by atoms with Crippen LogP contribution in [0.3, 0.4) is 0 Å². The standard InChI is InChI=1S/C15H15NO/c1-11(9-12(2)17)16-15-8-7-13-5-3-4-6-14(13)10-15/h3-8,10,16H,1,9H2,2H3. The van der Waals surface area contributed by atoms with Gasteiger partial charge in [-0.05, 0) is 29.8 Å². The number of hydrogen-bond donors (Lipinski definition) is 1. The molecule has 0 saturated heterocycles. The predicted octanol–water partition coefficient (Wildman–Crippen LogP) is 3.74. The third-order valence-electron chi connectivity index (χ3n) is 2.53. The van der Waals surface area contributed by atoms with E-state index in [1.807, 2.05) is 18.2 Å². The lowest BCUT2D eigenvalue weighted by atomic mass is 10.1. The van der Waals surface area contributed by atoms with Crippen LogP contribution in [-0.4, -0.2) is 5.78 Å². The van der Waals surface area contributed by atoms with Gasteiger partial charge in [0.25, 0.3) is 0 Å². The monoisotopic (exact) mass is 225 g/mol. The molecule has 2 rings (SSSR count). The number of Topliss-reactive ketones (excluding diaryl/α,β-unsaturated/α-hetero) is 1. The molecule has 0 amide bonds. The van der Waals surface area contributed by atoms with Crippen LogP contribution in [0, 0.1) is 0 Å². The van der Waals surface area contributed by atoms with Gasteiger partial charge in [0.15, 0.2) is 0 Å². The zero-order valence-corrected chi connectivity index (χ0v) is 9.86. The zero-order valence-electron chi connectivity index (χ0n) is 9.86. The highest BCUT2D eigenvalue weighted by Gasteiger charge is 2.00. The van der Waals surface area contributed by atoms with E-state index in [1.54, 1.807) is 6.92 Å². The van der Waals surface area contributed by atoms with Gasteiger partial charge >= 0.3 is 0 Å². The smallest absolute Gasteiger partial charge is 0.135 e. The van der Waals surface area contributed by atoms with Crippen molar-refractivity contribution >= 4 is 22.2 Å². The summed E-state index contributed by atoms with van der Waals surface area (Å²) < 4.78 is 0. The van der Waals surface area contributed by atoms with Gasteiger partial charge in [0.1, 0.15) is 5.78 Å². The van der Waals surface area contributed by atoms with Crippen LogP contribution in [0.1, 0.15) is 13.3 Å². The fourth-order valence-electron chi connectivity index (χ4n) is 1.82. The molecule has 0 aliphatic heterocycles. The first-order valence-electron chi connectivity index (χ1n) is 5.58. The SMILES string of the molecule is C=C(CC(C)=O)Nc1ccc2ccccc2c1. The molecule has 1 N–H and O–H groups in total. The van der Waals surface area contributed by atoms with Gasteiger partial charge in [0.05, 0.1) is 0 Å². The lowest BCUT2D eigenvalue weighted by Gasteiger charge is -2.09. The molecule has 86 valence electrons. The number of ketones is 1. The minimum absolute atomic E-state index is 0.114. The number of carbonyl (C=O) groups excluding carboxylic acids is 1. The molecule has 0 aliphatic rings. The third kappa shape index (κ3) is 2.94. The van der Waals surface area contributed by atoms with E-state index < -0.39 is 0 Å². The molecule has 2 nitrogen and oxygen atoms in total. The van der Waals surface area contributed by atoms with Crippen molar-refractivity contribution in [1.29, 1.82) is 0 Å². The molecule has 0 fully saturated rings. The normalized spacial score (nSPS) is 10.2. The van der Waals surface area contributed by atoms with E-state index >= 15 is 0 Å². The Hall–Kier alpha value is -2.09. The van der Waals surface area contributed by atoms with Gasteiger partial charge < -0.3 is 5.32 Å². The van der Waals surface area contributed by atoms with Crippen molar-refractivity contribution < 1.29 is 4.79 Å². The number of carbonyl (C=O) groups is 1. The molecule has 2 aromatic rings. The molecule has 0 aromatic heterocycles. The summed E-state index contributed by atoms with van der Waals surface area (Å²) in [6, 6.07) is 14.3. The van der Waals surface area contributed by atoms with E-state index in [1.165, 1.54) is 10.8 Å². The third-order valence-corrected chi connectivity index (χ3v) is 2.53. The Labute approximate surface area is 101 Å². The Morgan fingerprint density at radius 2 is 1.88 bits per heavy atom. The van der Waals surface area contributed by atoms with Crippen LogP contribution in [0.5, 0.6) is 0 Å². The zero-order chi connectivity index (χ0) is 12.3. The van der Waals surface area contributed by atoms with E-state index in [0.717, 1.165) is 11.4 Å². The number of allylic oxidation sites excluding steroid dienone is 1. The van der Waals surface area contributed by atoms with E-state index in [2.05, 4.69) is 36.2 Å². The van der Waals surface area contributed by atoms with Gasteiger partial charge in [-0.2, -0.15) is 0 Å².